The van der Waals surface area contributed by atoms with Crippen LogP contribution < -0.4 is 0 Å². The maximum Gasteiger partial charge on any atom is 0.232 e. The zero-order valence-corrected chi connectivity index (χ0v) is 14.7. The molecule has 22 heavy (non-hydrogen) atoms. The normalized spacial score (nSPS) is 25.6. The van der Waals surface area contributed by atoms with Crippen molar-refractivity contribution in [3.63, 3.8) is 0 Å². The minimum absolute atomic E-state index is 0.231. The topological polar surface area (TPSA) is 53.0 Å². The molecule has 5 nitrogen and oxygen atoms in total. The summed E-state index contributed by atoms with van der Waals surface area (Å²) >= 11 is 1.59. The number of aliphatic hydroxyl groups is 1. The molecule has 6 heteroatoms. The number of nitrogens with zero attached hydrogens (tertiary/aromatic N) is 2. The Balaban J connectivity index is 1.90. The Morgan fingerprint density at radius 3 is 2.59 bits per heavy atom. The highest BCUT2D eigenvalue weighted by Crippen LogP contribution is 2.45. The van der Waals surface area contributed by atoms with Gasteiger partial charge in [0.1, 0.15) is 0 Å². The van der Waals surface area contributed by atoms with Gasteiger partial charge in [0.25, 0.3) is 0 Å². The van der Waals surface area contributed by atoms with E-state index >= 15 is 0 Å². The Labute approximate surface area is 138 Å². The third-order valence-electron chi connectivity index (χ3n) is 5.48. The van der Waals surface area contributed by atoms with E-state index in [2.05, 4.69) is 4.90 Å². The summed E-state index contributed by atoms with van der Waals surface area (Å²) in [6.45, 7) is 5.70. The fraction of sp³-hybridized carbons (Fsp3) is 0.938. The summed E-state index contributed by atoms with van der Waals surface area (Å²) < 4.78 is 5.16. The third kappa shape index (κ3) is 4.16. The van der Waals surface area contributed by atoms with Crippen molar-refractivity contribution in [2.75, 3.05) is 65.1 Å². The minimum Gasteiger partial charge on any atom is -0.396 e. The highest BCUT2D eigenvalue weighted by atomic mass is 32.2. The number of hydrogen-bond acceptors (Lipinski definition) is 5. The predicted molar refractivity (Wildman–Crippen MR) is 90.1 cm³/mol. The van der Waals surface area contributed by atoms with Gasteiger partial charge in [-0.1, -0.05) is 0 Å². The molecule has 1 N–H and O–H groups in total. The van der Waals surface area contributed by atoms with Crippen LogP contribution >= 0.6 is 11.8 Å². The highest BCUT2D eigenvalue weighted by molar-refractivity contribution is 7.99. The van der Waals surface area contributed by atoms with E-state index in [9.17, 15) is 9.90 Å². The van der Waals surface area contributed by atoms with E-state index in [-0.39, 0.29) is 17.9 Å². The molecule has 0 aromatic carbocycles. The number of carbonyl (C=O) groups excluding carboxylic acids is 1. The van der Waals surface area contributed by atoms with Gasteiger partial charge in [-0.3, -0.25) is 4.79 Å². The average Bonchev–Trinajstić information content (AvgIpc) is 2.55. The summed E-state index contributed by atoms with van der Waals surface area (Å²) in [4.78, 5) is 16.4. The largest absolute Gasteiger partial charge is 0.396 e. The first-order chi connectivity index (χ1) is 10.6. The van der Waals surface area contributed by atoms with E-state index in [4.69, 9.17) is 4.74 Å². The molecule has 0 unspecified atom stereocenters. The average molecular weight is 330 g/mol. The summed E-state index contributed by atoms with van der Waals surface area (Å²) in [6, 6.07) is 0. The predicted octanol–water partition coefficient (Wildman–Crippen LogP) is 0.919. The number of methoxy groups -OCH3 is 1. The van der Waals surface area contributed by atoms with Gasteiger partial charge in [-0.2, -0.15) is 11.8 Å². The van der Waals surface area contributed by atoms with Crippen LogP contribution in [0.1, 0.15) is 19.3 Å². The van der Waals surface area contributed by atoms with Crippen LogP contribution in [-0.2, 0) is 9.53 Å². The number of rotatable bonds is 6. The second-order valence-electron chi connectivity index (χ2n) is 6.60. The maximum absolute atomic E-state index is 12.0. The molecule has 0 bridgehead atoms. The van der Waals surface area contributed by atoms with Gasteiger partial charge >= 0.3 is 0 Å². The van der Waals surface area contributed by atoms with Crippen molar-refractivity contribution >= 4 is 17.7 Å². The van der Waals surface area contributed by atoms with Gasteiger partial charge in [0.2, 0.25) is 5.91 Å². The molecule has 2 fully saturated rings. The van der Waals surface area contributed by atoms with Crippen LogP contribution in [0.5, 0.6) is 0 Å². The number of amides is 1. The van der Waals surface area contributed by atoms with Crippen molar-refractivity contribution in [3.05, 3.63) is 0 Å². The van der Waals surface area contributed by atoms with Crippen molar-refractivity contribution in [3.8, 4) is 0 Å². The summed E-state index contributed by atoms with van der Waals surface area (Å²) in [5, 5.41) is 9.87. The van der Waals surface area contributed by atoms with Crippen molar-refractivity contribution < 1.29 is 14.6 Å². The number of hydrogen-bond donors (Lipinski definition) is 1. The van der Waals surface area contributed by atoms with E-state index in [1.54, 1.807) is 18.9 Å². The Morgan fingerprint density at radius 2 is 2.00 bits per heavy atom. The number of likely N-dealkylation sites (tertiary alicyclic amines) is 2. The van der Waals surface area contributed by atoms with E-state index in [1.807, 2.05) is 11.2 Å². The molecule has 2 aliphatic heterocycles. The van der Waals surface area contributed by atoms with Gasteiger partial charge in [-0.05, 0) is 37.5 Å². The molecule has 1 spiro atoms. The minimum atomic E-state index is 0.231. The van der Waals surface area contributed by atoms with E-state index < -0.39 is 0 Å². The molecule has 0 radical (unpaired) electrons. The number of aliphatic hydroxyl groups excluding tert-OH is 1. The number of piperidine rings is 2. The van der Waals surface area contributed by atoms with Crippen LogP contribution in [0.2, 0.25) is 0 Å². The summed E-state index contributed by atoms with van der Waals surface area (Å²) in [7, 11) is 1.73. The van der Waals surface area contributed by atoms with E-state index in [0.717, 1.165) is 58.6 Å². The van der Waals surface area contributed by atoms with Crippen LogP contribution in [0.15, 0.2) is 0 Å². The SMILES string of the molecule is COCCN1CCC2(CCN(C(=O)CSC)CC2)[C@H](CO)C1. The second-order valence-corrected chi connectivity index (χ2v) is 7.47. The Hall–Kier alpha value is -0.300. The fourth-order valence-corrected chi connectivity index (χ4v) is 4.36. The van der Waals surface area contributed by atoms with Crippen molar-refractivity contribution in [2.45, 2.75) is 19.3 Å². The number of thioether (sulfide) groups is 1. The lowest BCUT2D eigenvalue weighted by Gasteiger charge is -2.51. The van der Waals surface area contributed by atoms with Crippen LogP contribution in [0, 0.1) is 11.3 Å². The smallest absolute Gasteiger partial charge is 0.232 e. The Bertz CT molecular complexity index is 359. The first kappa shape index (κ1) is 18.0. The molecule has 2 rings (SSSR count). The second kappa shape index (κ2) is 8.52. The van der Waals surface area contributed by atoms with Crippen LogP contribution in [-0.4, -0.2) is 85.9 Å². The molecule has 128 valence electrons. The monoisotopic (exact) mass is 330 g/mol. The lowest BCUT2D eigenvalue weighted by molar-refractivity contribution is -0.132. The lowest BCUT2D eigenvalue weighted by atomic mass is 9.64. The standard InChI is InChI=1S/C16H30N2O3S/c1-21-10-9-17-6-3-16(14(11-17)12-19)4-7-18(8-5-16)15(20)13-22-2/h14,19H,3-13H2,1-2H3/t14-/m0/s1. The first-order valence-corrected chi connectivity index (χ1v) is 9.63. The Kier molecular flexibility index (Phi) is 6.99. The molecule has 1 atom stereocenters. The number of ether oxygens (including phenoxy) is 1. The molecule has 0 aromatic rings. The van der Waals surface area contributed by atoms with Gasteiger partial charge < -0.3 is 19.6 Å². The molecule has 0 aromatic heterocycles. The van der Waals surface area contributed by atoms with Gasteiger partial charge in [0, 0.05) is 45.8 Å². The summed E-state index contributed by atoms with van der Waals surface area (Å²) in [5.41, 5.74) is 0.231. The maximum atomic E-state index is 12.0. The molecule has 2 aliphatic rings. The molecule has 0 saturated carbocycles. The molecular formula is C16H30N2O3S. The highest BCUT2D eigenvalue weighted by Gasteiger charge is 2.44. The quantitative estimate of drug-likeness (QED) is 0.785. The fourth-order valence-electron chi connectivity index (χ4n) is 3.93. The van der Waals surface area contributed by atoms with E-state index in [1.165, 1.54) is 0 Å². The summed E-state index contributed by atoms with van der Waals surface area (Å²) in [6.07, 6.45) is 5.18. The zero-order chi connectivity index (χ0) is 16.0. The molecule has 0 aliphatic carbocycles. The zero-order valence-electron chi connectivity index (χ0n) is 13.9. The first-order valence-electron chi connectivity index (χ1n) is 8.24. The van der Waals surface area contributed by atoms with Crippen LogP contribution in [0.25, 0.3) is 0 Å². The molecule has 2 heterocycles. The number of carbonyl (C=O) groups is 1. The van der Waals surface area contributed by atoms with Gasteiger partial charge in [-0.25, -0.2) is 0 Å². The Morgan fingerprint density at radius 1 is 1.32 bits per heavy atom. The van der Waals surface area contributed by atoms with Gasteiger partial charge in [0.15, 0.2) is 0 Å². The van der Waals surface area contributed by atoms with Gasteiger partial charge in [0.05, 0.1) is 12.4 Å². The van der Waals surface area contributed by atoms with Crippen molar-refractivity contribution in [1.82, 2.24) is 9.80 Å². The molecule has 1 amide bonds. The van der Waals surface area contributed by atoms with Crippen LogP contribution in [0.4, 0.5) is 0 Å². The van der Waals surface area contributed by atoms with Crippen molar-refractivity contribution in [2.24, 2.45) is 11.3 Å². The van der Waals surface area contributed by atoms with E-state index in [0.29, 0.717) is 11.7 Å². The molecule has 2 saturated heterocycles. The lowest BCUT2D eigenvalue weighted by Crippen LogP contribution is -2.54. The third-order valence-corrected chi connectivity index (χ3v) is 6.02. The summed E-state index contributed by atoms with van der Waals surface area (Å²) in [5.74, 6) is 1.18. The van der Waals surface area contributed by atoms with Crippen molar-refractivity contribution in [1.29, 1.82) is 0 Å². The van der Waals surface area contributed by atoms with Gasteiger partial charge in [-0.15, -0.1) is 0 Å². The van der Waals surface area contributed by atoms with Crippen LogP contribution in [0.3, 0.4) is 0 Å². The molecular weight excluding hydrogens is 300 g/mol.